The molecule has 30 heavy (non-hydrogen) atoms. The fraction of sp³-hybridized carbons (Fsp3) is 0.364. The molecule has 0 bridgehead atoms. The summed E-state index contributed by atoms with van der Waals surface area (Å²) in [5, 5.41) is 14.7. The molecule has 2 N–H and O–H groups in total. The van der Waals surface area contributed by atoms with Gasteiger partial charge in [0.1, 0.15) is 6.04 Å². The van der Waals surface area contributed by atoms with Gasteiger partial charge in [0.2, 0.25) is 0 Å². The normalized spacial score (nSPS) is 17.7. The molecule has 1 atom stereocenters. The van der Waals surface area contributed by atoms with E-state index in [2.05, 4.69) is 5.10 Å². The lowest BCUT2D eigenvalue weighted by Gasteiger charge is -2.32. The second kappa shape index (κ2) is 8.49. The smallest absolute Gasteiger partial charge is 0.268 e. The van der Waals surface area contributed by atoms with Crippen LogP contribution in [-0.2, 0) is 17.8 Å². The molecule has 1 amide bonds. The van der Waals surface area contributed by atoms with Gasteiger partial charge in [0, 0.05) is 31.0 Å². The molecule has 8 heteroatoms. The average molecular weight is 414 g/mol. The van der Waals surface area contributed by atoms with Gasteiger partial charge in [0.15, 0.2) is 0 Å². The molecule has 2 heterocycles. The Hall–Kier alpha value is -2.84. The lowest BCUT2D eigenvalue weighted by Crippen LogP contribution is -2.42. The Morgan fingerprint density at radius 1 is 1.20 bits per heavy atom. The number of hydroxylamine groups is 1. The first-order valence-electron chi connectivity index (χ1n) is 10.00. The molecule has 1 aliphatic rings. The molecule has 1 aromatic heterocycles. The van der Waals surface area contributed by atoms with Gasteiger partial charge in [-0.3, -0.25) is 19.6 Å². The summed E-state index contributed by atoms with van der Waals surface area (Å²) in [6, 6.07) is 14.4. The van der Waals surface area contributed by atoms with E-state index < -0.39 is 17.9 Å². The van der Waals surface area contributed by atoms with Crippen molar-refractivity contribution < 1.29 is 18.8 Å². The molecule has 1 saturated heterocycles. The summed E-state index contributed by atoms with van der Waals surface area (Å²) in [5.74, 6) is -3.23. The maximum atomic E-state index is 13.8. The number of hydrogen-bond donors (Lipinski definition) is 2. The molecule has 6 nitrogen and oxygen atoms in total. The quantitative estimate of drug-likeness (QED) is 0.478. The number of piperidine rings is 1. The number of carbonyl (C=O) groups is 1. The number of nitrogens with zero attached hydrogens (tertiary/aromatic N) is 3. The lowest BCUT2D eigenvalue weighted by molar-refractivity contribution is -0.132. The molecule has 4 rings (SSSR count). The molecule has 0 radical (unpaired) electrons. The van der Waals surface area contributed by atoms with Crippen molar-refractivity contribution in [2.24, 2.45) is 0 Å². The number of fused-ring (bicyclic) bond motifs is 1. The molecule has 3 aromatic rings. The van der Waals surface area contributed by atoms with Crippen molar-refractivity contribution >= 4 is 16.8 Å². The summed E-state index contributed by atoms with van der Waals surface area (Å²) < 4.78 is 29.1. The number of aromatic nitrogens is 2. The minimum atomic E-state index is -2.66. The predicted octanol–water partition coefficient (Wildman–Crippen LogP) is 3.56. The Kier molecular flexibility index (Phi) is 5.78. The number of alkyl halides is 2. The first-order chi connectivity index (χ1) is 14.4. The highest BCUT2D eigenvalue weighted by molar-refractivity contribution is 5.83. The summed E-state index contributed by atoms with van der Waals surface area (Å²) in [6.07, 6.45) is 2.51. The highest BCUT2D eigenvalue weighted by Gasteiger charge is 2.35. The molecule has 1 unspecified atom stereocenters. The van der Waals surface area contributed by atoms with Gasteiger partial charge in [-0.1, -0.05) is 48.5 Å². The summed E-state index contributed by atoms with van der Waals surface area (Å²) in [7, 11) is 0. The fourth-order valence-corrected chi connectivity index (χ4v) is 4.05. The van der Waals surface area contributed by atoms with E-state index in [9.17, 15) is 18.8 Å². The summed E-state index contributed by atoms with van der Waals surface area (Å²) >= 11 is 0. The van der Waals surface area contributed by atoms with Crippen LogP contribution in [0, 0.1) is 0 Å². The van der Waals surface area contributed by atoms with Gasteiger partial charge in [-0.25, -0.2) is 14.3 Å². The Bertz CT molecular complexity index is 1020. The van der Waals surface area contributed by atoms with E-state index in [0.29, 0.717) is 31.4 Å². The Balaban J connectivity index is 1.63. The largest absolute Gasteiger partial charge is 0.293 e. The first kappa shape index (κ1) is 20.4. The van der Waals surface area contributed by atoms with Crippen LogP contribution < -0.4 is 5.48 Å². The van der Waals surface area contributed by atoms with Gasteiger partial charge in [-0.15, -0.1) is 0 Å². The van der Waals surface area contributed by atoms with Crippen LogP contribution in [0.25, 0.3) is 10.9 Å². The van der Waals surface area contributed by atoms with Gasteiger partial charge >= 0.3 is 0 Å². The zero-order chi connectivity index (χ0) is 21.1. The van der Waals surface area contributed by atoms with E-state index in [1.165, 1.54) is 4.68 Å². The second-order valence-corrected chi connectivity index (χ2v) is 7.82. The molecule has 0 aliphatic carbocycles. The summed E-state index contributed by atoms with van der Waals surface area (Å²) in [4.78, 5) is 14.1. The number of benzene rings is 2. The maximum absolute atomic E-state index is 13.8. The number of nitrogens with one attached hydrogen (secondary N) is 1. The molecular weight excluding hydrogens is 390 g/mol. The van der Waals surface area contributed by atoms with Gasteiger partial charge in [0.25, 0.3) is 11.8 Å². The highest BCUT2D eigenvalue weighted by Crippen LogP contribution is 2.29. The van der Waals surface area contributed by atoms with Crippen LogP contribution in [0.5, 0.6) is 0 Å². The standard InChI is InChI=1S/C22H24F2N4O2/c23-22(24)10-5-11-27(15-22)13-17-8-4-9-18-14-28(25-20(17)18)19(21(29)26-30)12-16-6-2-1-3-7-16/h1-4,6-9,14,19,30H,5,10-13,15H2,(H,26,29). The summed E-state index contributed by atoms with van der Waals surface area (Å²) in [6.45, 7) is 0.739. The summed E-state index contributed by atoms with van der Waals surface area (Å²) in [5.41, 5.74) is 4.17. The van der Waals surface area contributed by atoms with Crippen molar-refractivity contribution in [1.82, 2.24) is 20.2 Å². The fourth-order valence-electron chi connectivity index (χ4n) is 4.05. The second-order valence-electron chi connectivity index (χ2n) is 7.82. The Morgan fingerprint density at radius 2 is 2.00 bits per heavy atom. The van der Waals surface area contributed by atoms with Crippen LogP contribution in [0.15, 0.2) is 54.7 Å². The van der Waals surface area contributed by atoms with E-state index in [1.807, 2.05) is 48.5 Å². The van der Waals surface area contributed by atoms with Crippen LogP contribution >= 0.6 is 0 Å². The van der Waals surface area contributed by atoms with Crippen molar-refractivity contribution in [2.75, 3.05) is 13.1 Å². The van der Waals surface area contributed by atoms with Crippen molar-refractivity contribution in [2.45, 2.75) is 37.8 Å². The molecular formula is C22H24F2N4O2. The van der Waals surface area contributed by atoms with Gasteiger partial charge in [-0.2, -0.15) is 5.10 Å². The Labute approximate surface area is 173 Å². The van der Waals surface area contributed by atoms with E-state index in [0.717, 1.165) is 16.5 Å². The van der Waals surface area contributed by atoms with Crippen LogP contribution in [0.1, 0.15) is 30.0 Å². The van der Waals surface area contributed by atoms with E-state index in [-0.39, 0.29) is 13.0 Å². The van der Waals surface area contributed by atoms with Gasteiger partial charge in [-0.05, 0) is 24.1 Å². The number of carbonyl (C=O) groups excluding carboxylic acids is 1. The topological polar surface area (TPSA) is 70.4 Å². The van der Waals surface area contributed by atoms with Crippen LogP contribution in [0.4, 0.5) is 8.78 Å². The SMILES string of the molecule is O=C(NO)C(Cc1ccccc1)n1cc2cccc(CN3CCCC(F)(F)C3)c2n1. The van der Waals surface area contributed by atoms with Crippen molar-refractivity contribution in [3.63, 3.8) is 0 Å². The number of rotatable bonds is 6. The molecule has 1 aliphatic heterocycles. The van der Waals surface area contributed by atoms with Gasteiger partial charge < -0.3 is 0 Å². The average Bonchev–Trinajstić information content (AvgIpc) is 3.16. The van der Waals surface area contributed by atoms with Crippen molar-refractivity contribution in [3.8, 4) is 0 Å². The minimum Gasteiger partial charge on any atom is -0.293 e. The van der Waals surface area contributed by atoms with Gasteiger partial charge in [0.05, 0.1) is 12.1 Å². The zero-order valence-corrected chi connectivity index (χ0v) is 16.5. The molecule has 0 spiro atoms. The van der Waals surface area contributed by atoms with Crippen molar-refractivity contribution in [3.05, 3.63) is 65.9 Å². The number of likely N-dealkylation sites (tertiary alicyclic amines) is 1. The minimum absolute atomic E-state index is 0.0697. The third kappa shape index (κ3) is 4.49. The maximum Gasteiger partial charge on any atom is 0.268 e. The van der Waals surface area contributed by atoms with Crippen LogP contribution in [0.3, 0.4) is 0 Å². The number of hydrogen-bond acceptors (Lipinski definition) is 4. The monoisotopic (exact) mass is 414 g/mol. The zero-order valence-electron chi connectivity index (χ0n) is 16.5. The molecule has 0 saturated carbocycles. The number of halogens is 2. The third-order valence-electron chi connectivity index (χ3n) is 5.51. The first-order valence-corrected chi connectivity index (χ1v) is 10.00. The lowest BCUT2D eigenvalue weighted by atomic mass is 10.1. The van der Waals surface area contributed by atoms with Crippen LogP contribution in [0.2, 0.25) is 0 Å². The molecule has 2 aromatic carbocycles. The molecule has 1 fully saturated rings. The number of amides is 1. The third-order valence-corrected chi connectivity index (χ3v) is 5.51. The highest BCUT2D eigenvalue weighted by atomic mass is 19.3. The van der Waals surface area contributed by atoms with E-state index in [1.54, 1.807) is 16.6 Å². The Morgan fingerprint density at radius 3 is 2.73 bits per heavy atom. The van der Waals surface area contributed by atoms with E-state index >= 15 is 0 Å². The molecule has 158 valence electrons. The van der Waals surface area contributed by atoms with Crippen LogP contribution in [-0.4, -0.2) is 44.8 Å². The van der Waals surface area contributed by atoms with Crippen molar-refractivity contribution in [1.29, 1.82) is 0 Å². The predicted molar refractivity (Wildman–Crippen MR) is 108 cm³/mol. The van der Waals surface area contributed by atoms with E-state index in [4.69, 9.17) is 0 Å².